The molecule has 0 saturated heterocycles. The molecule has 0 spiro atoms. The highest BCUT2D eigenvalue weighted by atomic mass is 16.6. The number of ether oxygens (including phenoxy) is 2. The minimum Gasteiger partial charge on any atom is -0.460 e. The van der Waals surface area contributed by atoms with Gasteiger partial charge in [0.05, 0.1) is 18.6 Å². The van der Waals surface area contributed by atoms with Crippen LogP contribution in [0.25, 0.3) is 0 Å². The van der Waals surface area contributed by atoms with Gasteiger partial charge in [-0.2, -0.15) is 0 Å². The zero-order valence-corrected chi connectivity index (χ0v) is 12.3. The van der Waals surface area contributed by atoms with E-state index in [1.54, 1.807) is 24.5 Å². The molecule has 8 heteroatoms. The van der Waals surface area contributed by atoms with Crippen LogP contribution in [0.4, 0.5) is 0 Å². The van der Waals surface area contributed by atoms with E-state index in [0.717, 1.165) is 0 Å². The molecule has 0 radical (unpaired) electrons. The molecular formula is C15H18N2O6. The van der Waals surface area contributed by atoms with Crippen LogP contribution < -0.4 is 0 Å². The Balaban J connectivity index is 1.92. The molecule has 2 aromatic heterocycles. The van der Waals surface area contributed by atoms with Crippen LogP contribution in [-0.4, -0.2) is 58.5 Å². The number of aromatic nitrogens is 2. The average Bonchev–Trinajstić information content (AvgIpc) is 3.28. The molecule has 0 bridgehead atoms. The fraction of sp³-hybridized carbons (Fsp3) is 0.333. The van der Waals surface area contributed by atoms with E-state index >= 15 is 0 Å². The summed E-state index contributed by atoms with van der Waals surface area (Å²) < 4.78 is 10.1. The van der Waals surface area contributed by atoms with Gasteiger partial charge in [-0.05, 0) is 24.3 Å². The van der Waals surface area contributed by atoms with Gasteiger partial charge in [-0.1, -0.05) is 0 Å². The lowest BCUT2D eigenvalue weighted by Crippen LogP contribution is -2.41. The van der Waals surface area contributed by atoms with Crippen LogP contribution in [0.2, 0.25) is 0 Å². The summed E-state index contributed by atoms with van der Waals surface area (Å²) in [5.41, 5.74) is -0.777. The first-order chi connectivity index (χ1) is 11.1. The van der Waals surface area contributed by atoms with Crippen LogP contribution >= 0.6 is 0 Å². The second-order valence-electron chi connectivity index (χ2n) is 5.14. The van der Waals surface area contributed by atoms with Crippen molar-refractivity contribution in [1.29, 1.82) is 0 Å². The van der Waals surface area contributed by atoms with Gasteiger partial charge in [-0.25, -0.2) is 9.59 Å². The molecule has 2 rings (SSSR count). The van der Waals surface area contributed by atoms with Crippen molar-refractivity contribution in [3.63, 3.8) is 0 Å². The summed E-state index contributed by atoms with van der Waals surface area (Å²) in [4.78, 5) is 28.9. The van der Waals surface area contributed by atoms with E-state index in [9.17, 15) is 19.8 Å². The number of carbonyl (C=O) groups is 2. The lowest BCUT2D eigenvalue weighted by molar-refractivity contribution is -0.0525. The molecule has 124 valence electrons. The molecular weight excluding hydrogens is 304 g/mol. The third-order valence-electron chi connectivity index (χ3n) is 3.33. The van der Waals surface area contributed by atoms with E-state index in [1.165, 1.54) is 12.1 Å². The number of esters is 2. The molecule has 8 nitrogen and oxygen atoms in total. The van der Waals surface area contributed by atoms with Gasteiger partial charge in [0, 0.05) is 12.4 Å². The average molecular weight is 322 g/mol. The number of hydrogen-bond acceptors (Lipinski definition) is 6. The quantitative estimate of drug-likeness (QED) is 0.519. The lowest BCUT2D eigenvalue weighted by Gasteiger charge is -2.28. The molecule has 0 atom stereocenters. The highest BCUT2D eigenvalue weighted by Gasteiger charge is 2.33. The third-order valence-corrected chi connectivity index (χ3v) is 3.33. The molecule has 4 N–H and O–H groups in total. The summed E-state index contributed by atoms with van der Waals surface area (Å²) in [6.45, 7) is -1.62. The predicted octanol–water partition coefficient (Wildman–Crippen LogP) is 0.328. The summed E-state index contributed by atoms with van der Waals surface area (Å²) in [6.07, 6.45) is 3.14. The maximum absolute atomic E-state index is 11.8. The second-order valence-corrected chi connectivity index (χ2v) is 5.14. The standard InChI is InChI=1S/C15H18N2O6/c18-7-15(8-19,9-22-13(20)11-3-1-5-16-11)10-23-14(21)12-4-2-6-17-12/h1-6,16-19H,7-10H2. The van der Waals surface area contributed by atoms with E-state index in [2.05, 4.69) is 9.97 Å². The van der Waals surface area contributed by atoms with Crippen molar-refractivity contribution < 1.29 is 29.3 Å². The number of rotatable bonds is 8. The second kappa shape index (κ2) is 7.61. The van der Waals surface area contributed by atoms with Gasteiger partial charge < -0.3 is 29.7 Å². The summed E-state index contributed by atoms with van der Waals surface area (Å²) in [5, 5.41) is 19.0. The fourth-order valence-corrected chi connectivity index (χ4v) is 1.78. The molecule has 0 aliphatic heterocycles. The Bertz CT molecular complexity index is 564. The Labute approximate surface area is 132 Å². The molecule has 0 saturated carbocycles. The number of nitrogens with one attached hydrogen (secondary N) is 2. The Hall–Kier alpha value is -2.58. The Kier molecular flexibility index (Phi) is 5.56. The van der Waals surface area contributed by atoms with E-state index < -0.39 is 30.6 Å². The highest BCUT2D eigenvalue weighted by Crippen LogP contribution is 2.18. The van der Waals surface area contributed by atoms with Crippen LogP contribution in [0.3, 0.4) is 0 Å². The monoisotopic (exact) mass is 322 g/mol. The van der Waals surface area contributed by atoms with Gasteiger partial charge >= 0.3 is 11.9 Å². The highest BCUT2D eigenvalue weighted by molar-refractivity contribution is 5.87. The molecule has 0 aromatic carbocycles. The third kappa shape index (κ3) is 4.21. The number of hydrogen-bond donors (Lipinski definition) is 4. The van der Waals surface area contributed by atoms with Crippen LogP contribution in [-0.2, 0) is 9.47 Å². The van der Waals surface area contributed by atoms with Crippen molar-refractivity contribution in [2.45, 2.75) is 0 Å². The number of H-pyrrole nitrogens is 2. The first-order valence-electron chi connectivity index (χ1n) is 6.93. The molecule has 0 aliphatic carbocycles. The van der Waals surface area contributed by atoms with Gasteiger partial charge in [-0.15, -0.1) is 0 Å². The van der Waals surface area contributed by atoms with Crippen molar-refractivity contribution in [3.05, 3.63) is 48.0 Å². The Morgan fingerprint density at radius 3 is 1.65 bits per heavy atom. The fourth-order valence-electron chi connectivity index (χ4n) is 1.78. The minimum atomic E-state index is -1.27. The summed E-state index contributed by atoms with van der Waals surface area (Å²) in [7, 11) is 0. The van der Waals surface area contributed by atoms with Crippen LogP contribution in [0.5, 0.6) is 0 Å². The topological polar surface area (TPSA) is 125 Å². The van der Waals surface area contributed by atoms with E-state index in [-0.39, 0.29) is 24.6 Å². The number of carbonyl (C=O) groups excluding carboxylic acids is 2. The van der Waals surface area contributed by atoms with E-state index in [0.29, 0.717) is 0 Å². The number of aliphatic hydroxyl groups is 2. The SMILES string of the molecule is O=C(OCC(CO)(CO)COC(=O)c1ccc[nH]1)c1ccc[nH]1. The lowest BCUT2D eigenvalue weighted by atomic mass is 9.92. The molecule has 0 aliphatic rings. The Morgan fingerprint density at radius 2 is 1.35 bits per heavy atom. The maximum atomic E-state index is 11.8. The smallest absolute Gasteiger partial charge is 0.354 e. The van der Waals surface area contributed by atoms with Gasteiger partial charge in [0.2, 0.25) is 0 Å². The molecule has 2 heterocycles. The van der Waals surface area contributed by atoms with Crippen molar-refractivity contribution in [3.8, 4) is 0 Å². The van der Waals surface area contributed by atoms with Gasteiger partial charge in [0.1, 0.15) is 24.6 Å². The number of aromatic amines is 2. The Morgan fingerprint density at radius 1 is 0.913 bits per heavy atom. The first-order valence-corrected chi connectivity index (χ1v) is 6.93. The molecule has 0 amide bonds. The molecule has 0 unspecified atom stereocenters. The van der Waals surface area contributed by atoms with Gasteiger partial charge in [0.25, 0.3) is 0 Å². The first kappa shape index (κ1) is 16.8. The summed E-state index contributed by atoms with van der Waals surface area (Å²) in [5.74, 6) is -1.26. The van der Waals surface area contributed by atoms with E-state index in [1.807, 2.05) is 0 Å². The van der Waals surface area contributed by atoms with Crippen molar-refractivity contribution in [1.82, 2.24) is 9.97 Å². The largest absolute Gasteiger partial charge is 0.460 e. The minimum absolute atomic E-state index is 0.248. The summed E-state index contributed by atoms with van der Waals surface area (Å²) >= 11 is 0. The zero-order chi connectivity index (χ0) is 16.7. The summed E-state index contributed by atoms with van der Waals surface area (Å²) in [6, 6.07) is 6.35. The van der Waals surface area contributed by atoms with Crippen LogP contribution in [0, 0.1) is 5.41 Å². The van der Waals surface area contributed by atoms with Crippen molar-refractivity contribution >= 4 is 11.9 Å². The molecule has 0 fully saturated rings. The maximum Gasteiger partial charge on any atom is 0.354 e. The van der Waals surface area contributed by atoms with Crippen LogP contribution in [0.1, 0.15) is 21.0 Å². The molecule has 23 heavy (non-hydrogen) atoms. The molecule has 2 aromatic rings. The van der Waals surface area contributed by atoms with Gasteiger partial charge in [0.15, 0.2) is 0 Å². The van der Waals surface area contributed by atoms with Crippen molar-refractivity contribution in [2.75, 3.05) is 26.4 Å². The normalized spacial score (nSPS) is 11.2. The van der Waals surface area contributed by atoms with Gasteiger partial charge in [-0.3, -0.25) is 0 Å². The predicted molar refractivity (Wildman–Crippen MR) is 78.8 cm³/mol. The van der Waals surface area contributed by atoms with Crippen molar-refractivity contribution in [2.24, 2.45) is 5.41 Å². The van der Waals surface area contributed by atoms with Crippen LogP contribution in [0.15, 0.2) is 36.7 Å². The number of aliphatic hydroxyl groups excluding tert-OH is 2. The van der Waals surface area contributed by atoms with E-state index in [4.69, 9.17) is 9.47 Å². The zero-order valence-electron chi connectivity index (χ0n) is 12.3.